The Kier molecular flexibility index (Phi) is 10.4. The lowest BCUT2D eigenvalue weighted by Crippen LogP contribution is -2.48. The van der Waals surface area contributed by atoms with Crippen molar-refractivity contribution < 1.29 is 45.4 Å². The summed E-state index contributed by atoms with van der Waals surface area (Å²) in [6.07, 6.45) is -7.53. The summed E-state index contributed by atoms with van der Waals surface area (Å²) in [5, 5.41) is 12.2. The molecule has 1 aliphatic heterocycles. The van der Waals surface area contributed by atoms with Crippen LogP contribution < -0.4 is 10.1 Å². The first-order valence-electron chi connectivity index (χ1n) is 12.9. The van der Waals surface area contributed by atoms with Gasteiger partial charge in [-0.2, -0.15) is 17.5 Å². The van der Waals surface area contributed by atoms with Crippen LogP contribution in [0.1, 0.15) is 32.3 Å². The zero-order valence-electron chi connectivity index (χ0n) is 22.8. The van der Waals surface area contributed by atoms with Crippen molar-refractivity contribution in [1.82, 2.24) is 9.21 Å². The molecule has 0 saturated heterocycles. The van der Waals surface area contributed by atoms with Gasteiger partial charge in [-0.05, 0) is 49.4 Å². The van der Waals surface area contributed by atoms with E-state index in [2.05, 4.69) is 5.32 Å². The molecule has 226 valence electrons. The number of rotatable bonds is 9. The Bertz CT molecular complexity index is 1340. The fraction of sp³-hybridized carbons (Fsp3) is 0.481. The number of hydrogen-bond acceptors (Lipinski definition) is 6. The second kappa shape index (κ2) is 13.2. The van der Waals surface area contributed by atoms with Gasteiger partial charge in [-0.1, -0.05) is 6.92 Å². The lowest BCUT2D eigenvalue weighted by Gasteiger charge is -2.33. The third-order valence-corrected chi connectivity index (χ3v) is 8.63. The Labute approximate surface area is 236 Å². The molecule has 1 aliphatic rings. The molecule has 0 unspecified atom stereocenters. The molecule has 0 spiro atoms. The van der Waals surface area contributed by atoms with E-state index in [0.29, 0.717) is 5.56 Å². The number of likely N-dealkylation sites (N-methyl/N-ethyl adjacent to an activating group) is 1. The Morgan fingerprint density at radius 3 is 2.49 bits per heavy atom. The molecule has 3 rings (SSSR count). The number of hydrogen-bond donors (Lipinski definition) is 2. The van der Waals surface area contributed by atoms with Gasteiger partial charge in [0.05, 0.1) is 36.9 Å². The molecule has 3 atom stereocenters. The van der Waals surface area contributed by atoms with E-state index in [0.717, 1.165) is 28.6 Å². The van der Waals surface area contributed by atoms with E-state index in [1.54, 1.807) is 13.8 Å². The number of anilines is 1. The van der Waals surface area contributed by atoms with Crippen LogP contribution in [0.2, 0.25) is 0 Å². The normalized spacial score (nSPS) is 19.0. The molecule has 2 aromatic carbocycles. The van der Waals surface area contributed by atoms with Crippen molar-refractivity contribution in [2.75, 3.05) is 32.1 Å². The predicted octanol–water partition coefficient (Wildman–Crippen LogP) is 3.58. The highest BCUT2D eigenvalue weighted by Gasteiger charge is 2.34. The summed E-state index contributed by atoms with van der Waals surface area (Å²) in [5.41, 5.74) is 0.482. The minimum Gasteiger partial charge on any atom is -0.488 e. The molecule has 0 saturated carbocycles. The number of ether oxygens (including phenoxy) is 1. The molecular weight excluding hydrogens is 570 g/mol. The number of carbonyl (C=O) groups is 2. The topological polar surface area (TPSA) is 116 Å². The van der Waals surface area contributed by atoms with Crippen LogP contribution in [0.15, 0.2) is 47.4 Å². The van der Waals surface area contributed by atoms with Gasteiger partial charge in [0.25, 0.3) is 0 Å². The van der Waals surface area contributed by atoms with E-state index < -0.39 is 58.8 Å². The van der Waals surface area contributed by atoms with Crippen molar-refractivity contribution in [3.63, 3.8) is 0 Å². The molecule has 2 aromatic rings. The molecule has 0 aromatic heterocycles. The van der Waals surface area contributed by atoms with Crippen molar-refractivity contribution in [3.8, 4) is 5.75 Å². The number of fused-ring (bicyclic) bond motifs is 1. The van der Waals surface area contributed by atoms with Gasteiger partial charge in [0, 0.05) is 37.2 Å². The zero-order valence-corrected chi connectivity index (χ0v) is 23.6. The monoisotopic (exact) mass is 603 g/mol. The van der Waals surface area contributed by atoms with Crippen molar-refractivity contribution in [3.05, 3.63) is 53.8 Å². The first-order valence-corrected chi connectivity index (χ1v) is 14.3. The van der Waals surface area contributed by atoms with Crippen LogP contribution in [-0.4, -0.2) is 79.6 Å². The maximum absolute atomic E-state index is 13.4. The molecule has 14 heteroatoms. The van der Waals surface area contributed by atoms with Crippen LogP contribution in [0.25, 0.3) is 0 Å². The van der Waals surface area contributed by atoms with Crippen molar-refractivity contribution >= 4 is 27.5 Å². The Morgan fingerprint density at radius 1 is 1.22 bits per heavy atom. The van der Waals surface area contributed by atoms with Crippen LogP contribution in [-0.2, 0) is 26.0 Å². The van der Waals surface area contributed by atoms with E-state index in [1.165, 1.54) is 30.1 Å². The molecule has 0 aliphatic carbocycles. The van der Waals surface area contributed by atoms with Crippen molar-refractivity contribution in [2.45, 2.75) is 56.3 Å². The zero-order chi connectivity index (χ0) is 30.5. The standard InChI is InChI=1S/C27H33F4N3O6S/c1-17-14-34(18(2)16-35)26(37)13-19-12-21(32-25(36)10-11-27(29,30)31)6-9-23(19)40-24(17)15-33(3)41(38,39)22-7-4-20(28)5-8-22/h4-9,12,17-18,24,35H,10-11,13-16H2,1-3H3,(H,32,36)/t17-,18-,24-/m1/s1. The molecule has 0 bridgehead atoms. The number of alkyl halides is 3. The van der Waals surface area contributed by atoms with Crippen molar-refractivity contribution in [2.24, 2.45) is 5.92 Å². The molecule has 9 nitrogen and oxygen atoms in total. The molecule has 2 N–H and O–H groups in total. The maximum Gasteiger partial charge on any atom is 0.389 e. The van der Waals surface area contributed by atoms with E-state index in [4.69, 9.17) is 4.74 Å². The van der Waals surface area contributed by atoms with E-state index in [1.807, 2.05) is 0 Å². The number of carbonyl (C=O) groups excluding carboxylic acids is 2. The summed E-state index contributed by atoms with van der Waals surface area (Å²) in [4.78, 5) is 26.7. The summed E-state index contributed by atoms with van der Waals surface area (Å²) in [6.45, 7) is 3.08. The first kappa shape index (κ1) is 32.3. The Morgan fingerprint density at radius 2 is 1.88 bits per heavy atom. The molecular formula is C27H33F4N3O6S. The van der Waals surface area contributed by atoms with Gasteiger partial charge in [0.15, 0.2) is 0 Å². The van der Waals surface area contributed by atoms with E-state index in [-0.39, 0.29) is 48.4 Å². The number of aliphatic hydroxyl groups excluding tert-OH is 1. The fourth-order valence-electron chi connectivity index (χ4n) is 4.34. The molecule has 1 heterocycles. The average Bonchev–Trinajstić information content (AvgIpc) is 2.94. The molecule has 0 radical (unpaired) electrons. The summed E-state index contributed by atoms with van der Waals surface area (Å²) in [6, 6.07) is 8.10. The van der Waals surface area contributed by atoms with Crippen molar-refractivity contribution in [1.29, 1.82) is 0 Å². The maximum atomic E-state index is 13.4. The van der Waals surface area contributed by atoms with Crippen LogP contribution in [0.3, 0.4) is 0 Å². The SMILES string of the molecule is C[C@@H]1CN([C@H](C)CO)C(=O)Cc2cc(NC(=O)CCC(F)(F)F)ccc2O[C@@H]1CN(C)S(=O)(=O)c1ccc(F)cc1. The summed E-state index contributed by atoms with van der Waals surface area (Å²) in [5.74, 6) is -2.00. The van der Waals surface area contributed by atoms with Gasteiger partial charge in [-0.15, -0.1) is 0 Å². The third-order valence-electron chi connectivity index (χ3n) is 6.79. The number of nitrogens with one attached hydrogen (secondary N) is 1. The van der Waals surface area contributed by atoms with Crippen LogP contribution in [0, 0.1) is 11.7 Å². The minimum absolute atomic E-state index is 0.117. The largest absolute Gasteiger partial charge is 0.488 e. The smallest absolute Gasteiger partial charge is 0.389 e. The predicted molar refractivity (Wildman–Crippen MR) is 142 cm³/mol. The van der Waals surface area contributed by atoms with Gasteiger partial charge in [0.2, 0.25) is 21.8 Å². The third kappa shape index (κ3) is 8.63. The van der Waals surface area contributed by atoms with Gasteiger partial charge in [-0.25, -0.2) is 12.8 Å². The average molecular weight is 604 g/mol. The van der Waals surface area contributed by atoms with E-state index >= 15 is 0 Å². The highest BCUT2D eigenvalue weighted by atomic mass is 32.2. The lowest BCUT2D eigenvalue weighted by molar-refractivity contribution is -0.142. The summed E-state index contributed by atoms with van der Waals surface area (Å²) in [7, 11) is -2.68. The first-order chi connectivity index (χ1) is 19.1. The van der Waals surface area contributed by atoms with Crippen LogP contribution >= 0.6 is 0 Å². The number of amides is 2. The number of nitrogens with zero attached hydrogens (tertiary/aromatic N) is 2. The van der Waals surface area contributed by atoms with E-state index in [9.17, 15) is 40.7 Å². The highest BCUT2D eigenvalue weighted by Crippen LogP contribution is 2.30. The lowest BCUT2D eigenvalue weighted by atomic mass is 10.0. The summed E-state index contributed by atoms with van der Waals surface area (Å²) < 4.78 is 84.5. The van der Waals surface area contributed by atoms with Crippen LogP contribution in [0.4, 0.5) is 23.2 Å². The van der Waals surface area contributed by atoms with Crippen LogP contribution in [0.5, 0.6) is 5.75 Å². The second-order valence-corrected chi connectivity index (χ2v) is 12.2. The minimum atomic E-state index is -4.49. The Balaban J connectivity index is 1.92. The van der Waals surface area contributed by atoms with Gasteiger partial charge in [-0.3, -0.25) is 9.59 Å². The van der Waals surface area contributed by atoms with Gasteiger partial charge in [0.1, 0.15) is 17.7 Å². The second-order valence-electron chi connectivity index (χ2n) is 10.1. The Hall–Kier alpha value is -3.23. The number of aliphatic hydroxyl groups is 1. The summed E-state index contributed by atoms with van der Waals surface area (Å²) >= 11 is 0. The number of halogens is 4. The fourth-order valence-corrected chi connectivity index (χ4v) is 5.53. The molecule has 41 heavy (non-hydrogen) atoms. The molecule has 0 fully saturated rings. The number of benzene rings is 2. The van der Waals surface area contributed by atoms with Gasteiger partial charge < -0.3 is 20.1 Å². The number of sulfonamides is 1. The quantitative estimate of drug-likeness (QED) is 0.424. The highest BCUT2D eigenvalue weighted by molar-refractivity contribution is 7.89. The van der Waals surface area contributed by atoms with Gasteiger partial charge >= 0.3 is 6.18 Å². The molecule has 2 amide bonds.